The maximum atomic E-state index is 8.77. The van der Waals surface area contributed by atoms with Crippen molar-refractivity contribution in [3.8, 4) is 11.8 Å². The van der Waals surface area contributed by atoms with Crippen molar-refractivity contribution in [2.75, 3.05) is 0 Å². The third-order valence-corrected chi connectivity index (χ3v) is 2.76. The van der Waals surface area contributed by atoms with Crippen molar-refractivity contribution in [2.24, 2.45) is 0 Å². The molecule has 2 nitrogen and oxygen atoms in total. The highest BCUT2D eigenvalue weighted by Crippen LogP contribution is 2.24. The molecular weight excluding hydrogens is 246 g/mol. The molecule has 2 rings (SSSR count). The summed E-state index contributed by atoms with van der Waals surface area (Å²) >= 11 is 5.90. The highest BCUT2D eigenvalue weighted by Gasteiger charge is 2.04. The molecule has 0 radical (unpaired) electrons. The summed E-state index contributed by atoms with van der Waals surface area (Å²) in [5.74, 6) is 0.713. The summed E-state index contributed by atoms with van der Waals surface area (Å²) in [6.45, 7) is 0.487. The van der Waals surface area contributed by atoms with Crippen molar-refractivity contribution in [2.45, 2.75) is 13.0 Å². The number of hydrogen-bond acceptors (Lipinski definition) is 2. The Balaban J connectivity index is 2.12. The molecule has 0 heterocycles. The van der Waals surface area contributed by atoms with Gasteiger partial charge in [0.15, 0.2) is 0 Å². The topological polar surface area (TPSA) is 33.0 Å². The molecule has 2 aromatic rings. The first-order valence-electron chi connectivity index (χ1n) is 5.61. The average molecular weight is 258 g/mol. The number of benzene rings is 2. The molecular formula is C15H12ClNO. The largest absolute Gasteiger partial charge is 0.489 e. The second-order valence-electron chi connectivity index (χ2n) is 3.86. The van der Waals surface area contributed by atoms with E-state index in [0.717, 1.165) is 11.1 Å². The Morgan fingerprint density at radius 3 is 2.61 bits per heavy atom. The second-order valence-corrected chi connectivity index (χ2v) is 4.30. The van der Waals surface area contributed by atoms with E-state index in [1.165, 1.54) is 0 Å². The smallest absolute Gasteiger partial charge is 0.124 e. The van der Waals surface area contributed by atoms with Gasteiger partial charge in [0.25, 0.3) is 0 Å². The molecule has 3 heteroatoms. The Hall–Kier alpha value is -1.98. The van der Waals surface area contributed by atoms with Gasteiger partial charge in [-0.1, -0.05) is 41.9 Å². The maximum Gasteiger partial charge on any atom is 0.124 e. The first-order valence-corrected chi connectivity index (χ1v) is 5.99. The standard InChI is InChI=1S/C15H12ClNO/c16-14-6-7-15(13(10-14)8-9-17)18-11-12-4-2-1-3-5-12/h1-7,10H,8,11H2. The Kier molecular flexibility index (Phi) is 4.22. The molecule has 0 amide bonds. The summed E-state index contributed by atoms with van der Waals surface area (Å²) in [6, 6.07) is 17.4. The van der Waals surface area contributed by atoms with E-state index in [9.17, 15) is 0 Å². The Labute approximate surface area is 111 Å². The number of rotatable bonds is 4. The lowest BCUT2D eigenvalue weighted by atomic mass is 10.1. The van der Waals surface area contributed by atoms with E-state index in [2.05, 4.69) is 6.07 Å². The van der Waals surface area contributed by atoms with Crippen LogP contribution in [0.2, 0.25) is 5.02 Å². The SMILES string of the molecule is N#CCc1cc(Cl)ccc1OCc1ccccc1. The van der Waals surface area contributed by atoms with Crippen LogP contribution in [-0.4, -0.2) is 0 Å². The summed E-state index contributed by atoms with van der Waals surface area (Å²) in [5, 5.41) is 9.39. The lowest BCUT2D eigenvalue weighted by Crippen LogP contribution is -1.98. The van der Waals surface area contributed by atoms with Gasteiger partial charge in [-0.3, -0.25) is 0 Å². The van der Waals surface area contributed by atoms with Crippen molar-refractivity contribution in [1.82, 2.24) is 0 Å². The van der Waals surface area contributed by atoms with Gasteiger partial charge in [-0.25, -0.2) is 0 Å². The van der Waals surface area contributed by atoms with E-state index in [1.54, 1.807) is 18.2 Å². The Morgan fingerprint density at radius 2 is 1.89 bits per heavy atom. The maximum absolute atomic E-state index is 8.77. The van der Waals surface area contributed by atoms with Gasteiger partial charge < -0.3 is 4.74 Å². The highest BCUT2D eigenvalue weighted by molar-refractivity contribution is 6.30. The van der Waals surface area contributed by atoms with Gasteiger partial charge in [0.2, 0.25) is 0 Å². The van der Waals surface area contributed by atoms with Crippen LogP contribution in [0.5, 0.6) is 5.75 Å². The molecule has 0 spiro atoms. The van der Waals surface area contributed by atoms with Crippen LogP contribution >= 0.6 is 11.6 Å². The van der Waals surface area contributed by atoms with Crippen LogP contribution in [0.3, 0.4) is 0 Å². The van der Waals surface area contributed by atoms with Gasteiger partial charge in [0.05, 0.1) is 12.5 Å². The minimum Gasteiger partial charge on any atom is -0.489 e. The summed E-state index contributed by atoms with van der Waals surface area (Å²) in [6.07, 6.45) is 0.296. The predicted molar refractivity (Wildman–Crippen MR) is 71.5 cm³/mol. The fraction of sp³-hybridized carbons (Fsp3) is 0.133. The summed E-state index contributed by atoms with van der Waals surface area (Å²) in [7, 11) is 0. The normalized spacial score (nSPS) is 9.78. The van der Waals surface area contributed by atoms with E-state index in [4.69, 9.17) is 21.6 Å². The molecule has 0 aliphatic heterocycles. The average Bonchev–Trinajstić information content (AvgIpc) is 2.39. The van der Waals surface area contributed by atoms with E-state index in [-0.39, 0.29) is 0 Å². The molecule has 90 valence electrons. The van der Waals surface area contributed by atoms with Gasteiger partial charge in [0.1, 0.15) is 12.4 Å². The molecule has 0 saturated heterocycles. The van der Waals surface area contributed by atoms with Crippen LogP contribution in [0, 0.1) is 11.3 Å². The van der Waals surface area contributed by atoms with Crippen LogP contribution in [0.1, 0.15) is 11.1 Å². The fourth-order valence-corrected chi connectivity index (χ4v) is 1.84. The van der Waals surface area contributed by atoms with Crippen LogP contribution in [0.4, 0.5) is 0 Å². The number of nitriles is 1. The third kappa shape index (κ3) is 3.26. The molecule has 0 aromatic heterocycles. The number of ether oxygens (including phenoxy) is 1. The van der Waals surface area contributed by atoms with Gasteiger partial charge in [0, 0.05) is 10.6 Å². The number of halogens is 1. The molecule has 0 fully saturated rings. The van der Waals surface area contributed by atoms with Crippen molar-refractivity contribution in [1.29, 1.82) is 5.26 Å². The van der Waals surface area contributed by atoms with E-state index in [0.29, 0.717) is 23.8 Å². The molecule has 0 N–H and O–H groups in total. The second kappa shape index (κ2) is 6.09. The molecule has 0 aliphatic rings. The van der Waals surface area contributed by atoms with Crippen LogP contribution in [0.25, 0.3) is 0 Å². The summed E-state index contributed by atoms with van der Waals surface area (Å²) < 4.78 is 5.72. The lowest BCUT2D eigenvalue weighted by molar-refractivity contribution is 0.303. The minimum atomic E-state index is 0.296. The highest BCUT2D eigenvalue weighted by atomic mass is 35.5. The van der Waals surface area contributed by atoms with Crippen molar-refractivity contribution >= 4 is 11.6 Å². The van der Waals surface area contributed by atoms with E-state index in [1.807, 2.05) is 30.3 Å². The van der Waals surface area contributed by atoms with Crippen molar-refractivity contribution in [3.63, 3.8) is 0 Å². The van der Waals surface area contributed by atoms with E-state index >= 15 is 0 Å². The Bertz CT molecular complexity index is 560. The summed E-state index contributed by atoms with van der Waals surface area (Å²) in [5.41, 5.74) is 1.91. The fourth-order valence-electron chi connectivity index (χ4n) is 1.65. The van der Waals surface area contributed by atoms with Gasteiger partial charge in [-0.15, -0.1) is 0 Å². The first kappa shape index (κ1) is 12.5. The summed E-state index contributed by atoms with van der Waals surface area (Å²) in [4.78, 5) is 0. The van der Waals surface area contributed by atoms with Crippen LogP contribution < -0.4 is 4.74 Å². The quantitative estimate of drug-likeness (QED) is 0.830. The third-order valence-electron chi connectivity index (χ3n) is 2.53. The van der Waals surface area contributed by atoms with Gasteiger partial charge >= 0.3 is 0 Å². The van der Waals surface area contributed by atoms with E-state index < -0.39 is 0 Å². The molecule has 0 aliphatic carbocycles. The molecule has 0 atom stereocenters. The predicted octanol–water partition coefficient (Wildman–Crippen LogP) is 3.99. The molecule has 2 aromatic carbocycles. The van der Waals surface area contributed by atoms with Gasteiger partial charge in [-0.2, -0.15) is 5.26 Å². The zero-order valence-corrected chi connectivity index (χ0v) is 10.5. The Morgan fingerprint density at radius 1 is 1.11 bits per heavy atom. The first-order chi connectivity index (χ1) is 8.79. The minimum absolute atomic E-state index is 0.296. The van der Waals surface area contributed by atoms with Gasteiger partial charge in [-0.05, 0) is 23.8 Å². The molecule has 0 unspecified atom stereocenters. The number of hydrogen-bond donors (Lipinski definition) is 0. The zero-order valence-electron chi connectivity index (χ0n) is 9.77. The number of nitrogens with zero attached hydrogens (tertiary/aromatic N) is 1. The van der Waals surface area contributed by atoms with Crippen molar-refractivity contribution < 1.29 is 4.74 Å². The zero-order chi connectivity index (χ0) is 12.8. The molecule has 0 saturated carbocycles. The monoisotopic (exact) mass is 257 g/mol. The molecule has 0 bridgehead atoms. The van der Waals surface area contributed by atoms with Crippen LogP contribution in [0.15, 0.2) is 48.5 Å². The lowest BCUT2D eigenvalue weighted by Gasteiger charge is -2.10. The van der Waals surface area contributed by atoms with Crippen LogP contribution in [-0.2, 0) is 13.0 Å². The van der Waals surface area contributed by atoms with Crippen molar-refractivity contribution in [3.05, 3.63) is 64.7 Å². The molecule has 18 heavy (non-hydrogen) atoms.